The van der Waals surface area contributed by atoms with Crippen molar-refractivity contribution in [3.05, 3.63) is 74.9 Å². The summed E-state index contributed by atoms with van der Waals surface area (Å²) in [5.74, 6) is -0.498. The molecule has 1 N–H and O–H groups in total. The molecule has 1 atom stereocenters. The van der Waals surface area contributed by atoms with Crippen LogP contribution in [0.4, 0.5) is 0 Å². The molecule has 0 bridgehead atoms. The van der Waals surface area contributed by atoms with E-state index in [1.54, 1.807) is 38.3 Å². The van der Waals surface area contributed by atoms with Crippen LogP contribution in [-0.2, 0) is 20.9 Å². The Kier molecular flexibility index (Phi) is 6.27. The molecule has 1 aliphatic heterocycles. The van der Waals surface area contributed by atoms with E-state index < -0.39 is 11.9 Å². The Hall–Kier alpha value is -2.50. The molecule has 0 fully saturated rings. The molecule has 5 nitrogen and oxygen atoms in total. The van der Waals surface area contributed by atoms with Gasteiger partial charge in [-0.3, -0.25) is 4.79 Å². The third kappa shape index (κ3) is 4.32. The first-order chi connectivity index (χ1) is 13.4. The number of hydrogen-bond acceptors (Lipinski definition) is 4. The minimum absolute atomic E-state index is 0.0572. The third-order valence-electron chi connectivity index (χ3n) is 4.59. The zero-order valence-corrected chi connectivity index (χ0v) is 16.9. The summed E-state index contributed by atoms with van der Waals surface area (Å²) in [5, 5.41) is 3.49. The van der Waals surface area contributed by atoms with Crippen molar-refractivity contribution < 1.29 is 19.1 Å². The number of amides is 1. The van der Waals surface area contributed by atoms with Gasteiger partial charge in [0.05, 0.1) is 22.7 Å². The van der Waals surface area contributed by atoms with E-state index in [1.807, 2.05) is 18.2 Å². The van der Waals surface area contributed by atoms with Crippen LogP contribution < -0.4 is 10.1 Å². The Balaban J connectivity index is 1.87. The maximum atomic E-state index is 12.9. The minimum atomic E-state index is -0.500. The van der Waals surface area contributed by atoms with Gasteiger partial charge in [-0.1, -0.05) is 47.5 Å². The maximum absolute atomic E-state index is 12.9. The van der Waals surface area contributed by atoms with E-state index >= 15 is 0 Å². The van der Waals surface area contributed by atoms with Crippen LogP contribution in [0, 0.1) is 0 Å². The van der Waals surface area contributed by atoms with Crippen LogP contribution in [0.2, 0.25) is 10.0 Å². The van der Waals surface area contributed by atoms with Gasteiger partial charge in [-0.15, -0.1) is 0 Å². The summed E-state index contributed by atoms with van der Waals surface area (Å²) >= 11 is 12.1. The maximum Gasteiger partial charge on any atom is 0.336 e. The second-order valence-electron chi connectivity index (χ2n) is 6.41. The lowest BCUT2D eigenvalue weighted by molar-refractivity contribution is -0.141. The standard InChI is InChI=1S/C21H19Cl2NO4/c1-12-20(21(26)28-11-14-5-3-4-6-18(14)27-2)15(10-19(25)24-12)13-7-8-16(22)17(23)9-13/h3-9,15H,10-11H2,1-2H3,(H,24,25). The van der Waals surface area contributed by atoms with E-state index in [-0.39, 0.29) is 18.9 Å². The summed E-state index contributed by atoms with van der Waals surface area (Å²) < 4.78 is 10.8. The van der Waals surface area contributed by atoms with Gasteiger partial charge in [0, 0.05) is 23.6 Å². The molecular weight excluding hydrogens is 401 g/mol. The second-order valence-corrected chi connectivity index (χ2v) is 7.22. The molecule has 3 rings (SSSR count). The van der Waals surface area contributed by atoms with Gasteiger partial charge in [0.25, 0.3) is 0 Å². The van der Waals surface area contributed by atoms with Crippen LogP contribution in [0.1, 0.15) is 30.4 Å². The van der Waals surface area contributed by atoms with Crippen LogP contribution in [0.5, 0.6) is 5.75 Å². The van der Waals surface area contributed by atoms with Crippen molar-refractivity contribution >= 4 is 35.1 Å². The first-order valence-electron chi connectivity index (χ1n) is 8.65. The normalized spacial score (nSPS) is 16.6. The molecule has 0 aromatic heterocycles. The highest BCUT2D eigenvalue weighted by Gasteiger charge is 2.33. The van der Waals surface area contributed by atoms with Crippen LogP contribution in [0.3, 0.4) is 0 Å². The van der Waals surface area contributed by atoms with Crippen LogP contribution in [-0.4, -0.2) is 19.0 Å². The highest BCUT2D eigenvalue weighted by Crippen LogP contribution is 2.36. The molecule has 0 aliphatic carbocycles. The van der Waals surface area contributed by atoms with Crippen molar-refractivity contribution in [2.24, 2.45) is 0 Å². The topological polar surface area (TPSA) is 64.6 Å². The molecule has 146 valence electrons. The average molecular weight is 420 g/mol. The van der Waals surface area contributed by atoms with Crippen molar-refractivity contribution in [2.45, 2.75) is 25.9 Å². The van der Waals surface area contributed by atoms with Gasteiger partial charge < -0.3 is 14.8 Å². The number of hydrogen-bond donors (Lipinski definition) is 1. The van der Waals surface area contributed by atoms with E-state index in [0.29, 0.717) is 27.1 Å². The summed E-state index contributed by atoms with van der Waals surface area (Å²) in [4.78, 5) is 25.0. The smallest absolute Gasteiger partial charge is 0.336 e. The number of carbonyl (C=O) groups is 2. The molecule has 28 heavy (non-hydrogen) atoms. The quantitative estimate of drug-likeness (QED) is 0.717. The number of esters is 1. The van der Waals surface area contributed by atoms with E-state index in [0.717, 1.165) is 11.1 Å². The molecule has 2 aromatic rings. The fourth-order valence-electron chi connectivity index (χ4n) is 3.23. The molecular formula is C21H19Cl2NO4. The lowest BCUT2D eigenvalue weighted by Gasteiger charge is -2.27. The second kappa shape index (κ2) is 8.67. The van der Waals surface area contributed by atoms with Gasteiger partial charge in [0.2, 0.25) is 5.91 Å². The zero-order valence-electron chi connectivity index (χ0n) is 15.4. The molecule has 0 spiro atoms. The van der Waals surface area contributed by atoms with Crippen molar-refractivity contribution in [1.82, 2.24) is 5.32 Å². The first kappa shape index (κ1) is 20.2. The number of nitrogens with one attached hydrogen (secondary N) is 1. The van der Waals surface area contributed by atoms with E-state index in [4.69, 9.17) is 32.7 Å². The Bertz CT molecular complexity index is 955. The Labute approximate surface area is 173 Å². The summed E-state index contributed by atoms with van der Waals surface area (Å²) in [5.41, 5.74) is 2.35. The molecule has 0 saturated heterocycles. The van der Waals surface area contributed by atoms with Gasteiger partial charge >= 0.3 is 5.97 Å². The molecule has 7 heteroatoms. The molecule has 0 radical (unpaired) electrons. The number of allylic oxidation sites excluding steroid dienone is 1. The number of para-hydroxylation sites is 1. The van der Waals surface area contributed by atoms with E-state index in [1.165, 1.54) is 0 Å². The first-order valence-corrected chi connectivity index (χ1v) is 9.41. The highest BCUT2D eigenvalue weighted by molar-refractivity contribution is 6.42. The van der Waals surface area contributed by atoms with Gasteiger partial charge in [-0.25, -0.2) is 4.79 Å². The lowest BCUT2D eigenvalue weighted by atomic mass is 9.84. The van der Waals surface area contributed by atoms with Crippen molar-refractivity contribution in [2.75, 3.05) is 7.11 Å². The van der Waals surface area contributed by atoms with Crippen LogP contribution in [0.25, 0.3) is 0 Å². The van der Waals surface area contributed by atoms with Crippen molar-refractivity contribution in [3.8, 4) is 5.75 Å². The van der Waals surface area contributed by atoms with Crippen molar-refractivity contribution in [3.63, 3.8) is 0 Å². The van der Waals surface area contributed by atoms with Gasteiger partial charge in [-0.05, 0) is 30.7 Å². The van der Waals surface area contributed by atoms with Gasteiger partial charge in [0.1, 0.15) is 12.4 Å². The lowest BCUT2D eigenvalue weighted by Crippen LogP contribution is -2.34. The summed E-state index contributed by atoms with van der Waals surface area (Å²) in [7, 11) is 1.56. The predicted molar refractivity (Wildman–Crippen MR) is 107 cm³/mol. The number of rotatable bonds is 5. The third-order valence-corrected chi connectivity index (χ3v) is 5.33. The number of halogens is 2. The van der Waals surface area contributed by atoms with Crippen molar-refractivity contribution in [1.29, 1.82) is 0 Å². The number of methoxy groups -OCH3 is 1. The number of carbonyl (C=O) groups excluding carboxylic acids is 2. The molecule has 1 amide bonds. The molecule has 1 unspecified atom stereocenters. The van der Waals surface area contributed by atoms with Crippen LogP contribution in [0.15, 0.2) is 53.7 Å². The minimum Gasteiger partial charge on any atom is -0.496 e. The Morgan fingerprint density at radius 3 is 2.64 bits per heavy atom. The number of ether oxygens (including phenoxy) is 2. The van der Waals surface area contributed by atoms with E-state index in [9.17, 15) is 9.59 Å². The molecule has 0 saturated carbocycles. The largest absolute Gasteiger partial charge is 0.496 e. The fourth-order valence-corrected chi connectivity index (χ4v) is 3.54. The summed E-state index contributed by atoms with van der Waals surface area (Å²) in [6, 6.07) is 12.4. The van der Waals surface area contributed by atoms with Crippen LogP contribution >= 0.6 is 23.2 Å². The van der Waals surface area contributed by atoms with Gasteiger partial charge in [0.15, 0.2) is 0 Å². The zero-order chi connectivity index (χ0) is 20.3. The Morgan fingerprint density at radius 1 is 1.18 bits per heavy atom. The molecule has 1 heterocycles. The highest BCUT2D eigenvalue weighted by atomic mass is 35.5. The Morgan fingerprint density at radius 2 is 1.93 bits per heavy atom. The fraction of sp³-hybridized carbons (Fsp3) is 0.238. The SMILES string of the molecule is COc1ccccc1COC(=O)C1=C(C)NC(=O)CC1c1ccc(Cl)c(Cl)c1. The monoisotopic (exact) mass is 419 g/mol. The van der Waals surface area contributed by atoms with E-state index in [2.05, 4.69) is 5.32 Å². The predicted octanol–water partition coefficient (Wildman–Crippen LogP) is 4.62. The number of benzene rings is 2. The summed E-state index contributed by atoms with van der Waals surface area (Å²) in [6.45, 7) is 1.74. The molecule has 1 aliphatic rings. The summed E-state index contributed by atoms with van der Waals surface area (Å²) in [6.07, 6.45) is 0.119. The van der Waals surface area contributed by atoms with Gasteiger partial charge in [-0.2, -0.15) is 0 Å². The average Bonchev–Trinajstić information content (AvgIpc) is 2.67. The molecule has 2 aromatic carbocycles.